The zero-order valence-corrected chi connectivity index (χ0v) is 14.9. The summed E-state index contributed by atoms with van der Waals surface area (Å²) in [5.41, 5.74) is -0.559. The number of hydrogen-bond acceptors (Lipinski definition) is 3. The molecule has 0 spiro atoms. The van der Waals surface area contributed by atoms with Gasteiger partial charge in [0, 0.05) is 12.6 Å². The molecular weight excluding hydrogens is 358 g/mol. The second kappa shape index (κ2) is 8.48. The van der Waals surface area contributed by atoms with E-state index in [1.54, 1.807) is 24.3 Å². The fourth-order valence-electron chi connectivity index (χ4n) is 2.14. The lowest BCUT2D eigenvalue weighted by atomic mass is 10.1. The Morgan fingerprint density at radius 3 is 2.37 bits per heavy atom. The van der Waals surface area contributed by atoms with Gasteiger partial charge in [-0.25, -0.2) is 18.4 Å². The predicted octanol–water partition coefficient (Wildman–Crippen LogP) is 3.57. The molecule has 0 atom stereocenters. The summed E-state index contributed by atoms with van der Waals surface area (Å²) in [6.07, 6.45) is 0.502. The quantitative estimate of drug-likeness (QED) is 0.687. The second-order valence-corrected chi connectivity index (χ2v) is 6.32. The molecule has 0 saturated carbocycles. The number of nitrogens with one attached hydrogen (secondary N) is 2. The fourth-order valence-corrected chi connectivity index (χ4v) is 2.14. The summed E-state index contributed by atoms with van der Waals surface area (Å²) in [4.78, 5) is 22.8. The van der Waals surface area contributed by atoms with Gasteiger partial charge in [-0.05, 0) is 50.1 Å². The summed E-state index contributed by atoms with van der Waals surface area (Å²) in [5.74, 6) is -2.23. The minimum absolute atomic E-state index is 0.114. The average Bonchev–Trinajstić information content (AvgIpc) is 2.58. The van der Waals surface area contributed by atoms with E-state index in [-0.39, 0.29) is 12.2 Å². The highest BCUT2D eigenvalue weighted by Crippen LogP contribution is 2.19. The molecule has 2 amide bonds. The van der Waals surface area contributed by atoms with E-state index in [9.17, 15) is 18.4 Å². The Morgan fingerprint density at radius 2 is 1.78 bits per heavy atom. The molecule has 27 heavy (non-hydrogen) atoms. The first-order valence-corrected chi connectivity index (χ1v) is 8.18. The van der Waals surface area contributed by atoms with Crippen molar-refractivity contribution in [1.82, 2.24) is 5.32 Å². The molecular formula is C19H20F2N2O4. The van der Waals surface area contributed by atoms with E-state index in [1.165, 1.54) is 13.8 Å². The van der Waals surface area contributed by atoms with E-state index in [2.05, 4.69) is 10.6 Å². The molecule has 0 heterocycles. The number of ether oxygens (including phenoxy) is 1. The Labute approximate surface area is 155 Å². The highest BCUT2D eigenvalue weighted by molar-refractivity contribution is 5.89. The smallest absolute Gasteiger partial charge is 0.347 e. The Bertz CT molecular complexity index is 823. The van der Waals surface area contributed by atoms with E-state index in [1.807, 2.05) is 0 Å². The molecule has 2 rings (SSSR count). The highest BCUT2D eigenvalue weighted by atomic mass is 19.1. The summed E-state index contributed by atoms with van der Waals surface area (Å²) in [7, 11) is 0. The molecule has 2 aromatic rings. The van der Waals surface area contributed by atoms with Crippen molar-refractivity contribution in [3.63, 3.8) is 0 Å². The van der Waals surface area contributed by atoms with Gasteiger partial charge in [0.05, 0.1) is 5.69 Å². The maximum absolute atomic E-state index is 13.5. The van der Waals surface area contributed by atoms with Crippen LogP contribution in [0.1, 0.15) is 19.4 Å². The first-order valence-electron chi connectivity index (χ1n) is 8.18. The van der Waals surface area contributed by atoms with Crippen LogP contribution in [0.4, 0.5) is 19.3 Å². The number of carboxylic acids is 1. The van der Waals surface area contributed by atoms with Gasteiger partial charge >= 0.3 is 12.0 Å². The van der Waals surface area contributed by atoms with Gasteiger partial charge in [0.1, 0.15) is 17.4 Å². The number of carboxylic acid groups (broad SMARTS) is 1. The van der Waals surface area contributed by atoms with Crippen LogP contribution in [0.5, 0.6) is 5.75 Å². The highest BCUT2D eigenvalue weighted by Gasteiger charge is 2.29. The number of amides is 2. The summed E-state index contributed by atoms with van der Waals surface area (Å²) < 4.78 is 31.7. The normalized spacial score (nSPS) is 11.0. The zero-order valence-electron chi connectivity index (χ0n) is 14.9. The number of anilines is 1. The van der Waals surface area contributed by atoms with Gasteiger partial charge in [-0.1, -0.05) is 12.1 Å². The third-order valence-corrected chi connectivity index (χ3v) is 3.69. The maximum atomic E-state index is 13.5. The van der Waals surface area contributed by atoms with Crippen molar-refractivity contribution in [3.8, 4) is 5.75 Å². The van der Waals surface area contributed by atoms with E-state index in [0.717, 1.165) is 17.7 Å². The van der Waals surface area contributed by atoms with Crippen LogP contribution in [0.25, 0.3) is 0 Å². The van der Waals surface area contributed by atoms with E-state index in [0.29, 0.717) is 18.2 Å². The van der Waals surface area contributed by atoms with Gasteiger partial charge in [0.15, 0.2) is 5.60 Å². The SMILES string of the molecule is CC(C)(Oc1ccc(CCNC(=O)Nc2ccc(F)cc2F)cc1)C(=O)O. The zero-order chi connectivity index (χ0) is 20.0. The van der Waals surface area contributed by atoms with Gasteiger partial charge in [0.25, 0.3) is 0 Å². The molecule has 0 aliphatic heterocycles. The topological polar surface area (TPSA) is 87.7 Å². The average molecular weight is 378 g/mol. The molecule has 8 heteroatoms. The van der Waals surface area contributed by atoms with Crippen molar-refractivity contribution in [2.24, 2.45) is 0 Å². The standard InChI is InChI=1S/C19H20F2N2O4/c1-19(2,17(24)25)27-14-6-3-12(4-7-14)9-10-22-18(26)23-16-8-5-13(20)11-15(16)21/h3-8,11H,9-10H2,1-2H3,(H,24,25)(H2,22,23,26). The van der Waals surface area contributed by atoms with Gasteiger partial charge in [0.2, 0.25) is 0 Å². The minimum atomic E-state index is -1.34. The van der Waals surface area contributed by atoms with Crippen molar-refractivity contribution < 1.29 is 28.2 Å². The molecule has 0 fully saturated rings. The van der Waals surface area contributed by atoms with Crippen LogP contribution >= 0.6 is 0 Å². The number of halogens is 2. The Kier molecular flexibility index (Phi) is 6.33. The van der Waals surface area contributed by atoms with Gasteiger partial charge in [-0.2, -0.15) is 0 Å². The van der Waals surface area contributed by atoms with Crippen molar-refractivity contribution in [2.75, 3.05) is 11.9 Å². The molecule has 0 radical (unpaired) electrons. The van der Waals surface area contributed by atoms with Gasteiger partial charge < -0.3 is 20.5 Å². The molecule has 144 valence electrons. The van der Waals surface area contributed by atoms with Gasteiger partial charge in [-0.15, -0.1) is 0 Å². The Balaban J connectivity index is 1.81. The molecule has 0 bridgehead atoms. The molecule has 0 aliphatic carbocycles. The second-order valence-electron chi connectivity index (χ2n) is 6.32. The van der Waals surface area contributed by atoms with E-state index < -0.39 is 29.2 Å². The maximum Gasteiger partial charge on any atom is 0.347 e. The van der Waals surface area contributed by atoms with Crippen LogP contribution in [0, 0.1) is 11.6 Å². The van der Waals surface area contributed by atoms with Gasteiger partial charge in [-0.3, -0.25) is 0 Å². The number of rotatable bonds is 7. The van der Waals surface area contributed by atoms with Crippen LogP contribution in [-0.2, 0) is 11.2 Å². The van der Waals surface area contributed by atoms with Crippen molar-refractivity contribution in [2.45, 2.75) is 25.9 Å². The molecule has 6 nitrogen and oxygen atoms in total. The number of benzene rings is 2. The number of carbonyl (C=O) groups excluding carboxylic acids is 1. The van der Waals surface area contributed by atoms with E-state index in [4.69, 9.17) is 9.84 Å². The van der Waals surface area contributed by atoms with Crippen LogP contribution in [0.2, 0.25) is 0 Å². The third kappa shape index (κ3) is 5.95. The van der Waals surface area contributed by atoms with Crippen molar-refractivity contribution in [3.05, 3.63) is 59.7 Å². The van der Waals surface area contributed by atoms with Crippen LogP contribution in [-0.4, -0.2) is 29.3 Å². The predicted molar refractivity (Wildman–Crippen MR) is 95.9 cm³/mol. The molecule has 3 N–H and O–H groups in total. The third-order valence-electron chi connectivity index (χ3n) is 3.69. The number of urea groups is 1. The number of carbonyl (C=O) groups is 2. The van der Waals surface area contributed by atoms with E-state index >= 15 is 0 Å². The van der Waals surface area contributed by atoms with Crippen molar-refractivity contribution in [1.29, 1.82) is 0 Å². The molecule has 0 aliphatic rings. The molecule has 2 aromatic carbocycles. The monoisotopic (exact) mass is 378 g/mol. The Hall–Kier alpha value is -3.16. The number of hydrogen-bond donors (Lipinski definition) is 3. The lowest BCUT2D eigenvalue weighted by Crippen LogP contribution is -2.37. The first-order chi connectivity index (χ1) is 12.7. The lowest BCUT2D eigenvalue weighted by Gasteiger charge is -2.21. The first kappa shape index (κ1) is 20.2. The summed E-state index contributed by atoms with van der Waals surface area (Å²) >= 11 is 0. The largest absolute Gasteiger partial charge is 0.478 e. The summed E-state index contributed by atoms with van der Waals surface area (Å²) in [6.45, 7) is 3.20. The van der Waals surface area contributed by atoms with Crippen molar-refractivity contribution >= 4 is 17.7 Å². The summed E-state index contributed by atoms with van der Waals surface area (Å²) in [5, 5.41) is 13.9. The van der Waals surface area contributed by atoms with Crippen LogP contribution < -0.4 is 15.4 Å². The Morgan fingerprint density at radius 1 is 1.11 bits per heavy atom. The lowest BCUT2D eigenvalue weighted by molar-refractivity contribution is -0.152. The summed E-state index contributed by atoms with van der Waals surface area (Å²) in [6, 6.07) is 9.07. The minimum Gasteiger partial charge on any atom is -0.478 e. The molecule has 0 saturated heterocycles. The number of aliphatic carboxylic acids is 1. The fraction of sp³-hybridized carbons (Fsp3) is 0.263. The molecule has 0 aromatic heterocycles. The van der Waals surface area contributed by atoms with Crippen LogP contribution in [0.15, 0.2) is 42.5 Å². The van der Waals surface area contributed by atoms with Crippen LogP contribution in [0.3, 0.4) is 0 Å². The molecule has 0 unspecified atom stereocenters.